The molecule has 62 valence electrons. The molecule has 0 radical (unpaired) electrons. The highest BCUT2D eigenvalue weighted by atomic mass is 79.9. The summed E-state index contributed by atoms with van der Waals surface area (Å²) in [5.41, 5.74) is 2.05. The lowest BCUT2D eigenvalue weighted by molar-refractivity contribution is 0.584. The van der Waals surface area contributed by atoms with E-state index in [2.05, 4.69) is 31.9 Å². The molecule has 0 spiro atoms. The number of furan rings is 1. The van der Waals surface area contributed by atoms with Crippen LogP contribution in [0.4, 0.5) is 0 Å². The largest absolute Gasteiger partial charge is 0.449 e. The van der Waals surface area contributed by atoms with E-state index in [4.69, 9.17) is 4.42 Å². The van der Waals surface area contributed by atoms with Gasteiger partial charge in [-0.15, -0.1) is 0 Å². The summed E-state index contributed by atoms with van der Waals surface area (Å²) in [4.78, 5) is 0. The van der Waals surface area contributed by atoms with Crippen LogP contribution in [0.15, 0.2) is 31.8 Å². The van der Waals surface area contributed by atoms with Crippen molar-refractivity contribution in [2.45, 2.75) is 6.92 Å². The van der Waals surface area contributed by atoms with Gasteiger partial charge in [-0.3, -0.25) is 0 Å². The van der Waals surface area contributed by atoms with Crippen LogP contribution in [-0.4, -0.2) is 0 Å². The summed E-state index contributed by atoms with van der Waals surface area (Å²) in [6, 6.07) is 5.93. The summed E-state index contributed by atoms with van der Waals surface area (Å²) in [7, 11) is 0. The fraction of sp³-hybridized carbons (Fsp3) is 0.111. The number of benzene rings is 1. The Hall–Kier alpha value is -0.280. The molecule has 3 heteroatoms. The van der Waals surface area contributed by atoms with Crippen LogP contribution in [0.3, 0.4) is 0 Å². The summed E-state index contributed by atoms with van der Waals surface area (Å²) >= 11 is 6.84. The van der Waals surface area contributed by atoms with E-state index in [9.17, 15) is 0 Å². The second-order valence-corrected chi connectivity index (χ2v) is 4.19. The lowest BCUT2D eigenvalue weighted by Gasteiger charge is -1.91. The molecule has 0 aliphatic carbocycles. The standard InChI is InChI=1S/C9H6Br2O/c1-5-8-6(10)3-2-4-7(8)12-9(5)11/h2-4H,1H3. The van der Waals surface area contributed by atoms with Gasteiger partial charge in [0, 0.05) is 15.4 Å². The molecule has 2 rings (SSSR count). The van der Waals surface area contributed by atoms with Gasteiger partial charge in [0.25, 0.3) is 0 Å². The lowest BCUT2D eigenvalue weighted by Crippen LogP contribution is -1.70. The summed E-state index contributed by atoms with van der Waals surface area (Å²) < 4.78 is 7.35. The predicted molar refractivity (Wildman–Crippen MR) is 56.4 cm³/mol. The van der Waals surface area contributed by atoms with Crippen LogP contribution in [0.5, 0.6) is 0 Å². The van der Waals surface area contributed by atoms with Crippen molar-refractivity contribution < 1.29 is 4.42 Å². The van der Waals surface area contributed by atoms with E-state index < -0.39 is 0 Å². The average molecular weight is 290 g/mol. The highest BCUT2D eigenvalue weighted by Crippen LogP contribution is 2.33. The van der Waals surface area contributed by atoms with Crippen LogP contribution in [0.1, 0.15) is 5.56 Å². The molecule has 0 atom stereocenters. The zero-order valence-corrected chi connectivity index (χ0v) is 9.57. The van der Waals surface area contributed by atoms with Crippen LogP contribution >= 0.6 is 31.9 Å². The molecule has 1 aromatic carbocycles. The van der Waals surface area contributed by atoms with Gasteiger partial charge < -0.3 is 4.42 Å². The molecule has 0 unspecified atom stereocenters. The van der Waals surface area contributed by atoms with Crippen LogP contribution in [0, 0.1) is 6.92 Å². The molecule has 0 fully saturated rings. The van der Waals surface area contributed by atoms with Crippen molar-refractivity contribution in [1.82, 2.24) is 0 Å². The van der Waals surface area contributed by atoms with Gasteiger partial charge >= 0.3 is 0 Å². The lowest BCUT2D eigenvalue weighted by atomic mass is 10.2. The minimum absolute atomic E-state index is 0.810. The van der Waals surface area contributed by atoms with E-state index in [1.807, 2.05) is 25.1 Å². The smallest absolute Gasteiger partial charge is 0.173 e. The Morgan fingerprint density at radius 2 is 2.00 bits per heavy atom. The number of aryl methyl sites for hydroxylation is 1. The van der Waals surface area contributed by atoms with Crippen molar-refractivity contribution in [3.63, 3.8) is 0 Å². The number of hydrogen-bond donors (Lipinski definition) is 0. The summed E-state index contributed by atoms with van der Waals surface area (Å²) in [6.45, 7) is 2.03. The maximum Gasteiger partial charge on any atom is 0.173 e. The van der Waals surface area contributed by atoms with Crippen LogP contribution in [0.2, 0.25) is 0 Å². The quantitative estimate of drug-likeness (QED) is 0.706. The molecule has 1 heterocycles. The first-order valence-electron chi connectivity index (χ1n) is 3.53. The molecule has 1 nitrogen and oxygen atoms in total. The molecular formula is C9H6Br2O. The Bertz CT molecular complexity index is 431. The molecule has 0 aliphatic heterocycles. The molecule has 0 bridgehead atoms. The Balaban J connectivity index is 2.97. The molecule has 0 saturated heterocycles. The molecule has 0 N–H and O–H groups in total. The molecule has 12 heavy (non-hydrogen) atoms. The topological polar surface area (TPSA) is 13.1 Å². The van der Waals surface area contributed by atoms with Gasteiger partial charge in [0.2, 0.25) is 0 Å². The van der Waals surface area contributed by atoms with Crippen molar-refractivity contribution >= 4 is 42.8 Å². The predicted octanol–water partition coefficient (Wildman–Crippen LogP) is 4.27. The third-order valence-electron chi connectivity index (χ3n) is 1.84. The van der Waals surface area contributed by atoms with E-state index in [0.717, 1.165) is 25.7 Å². The van der Waals surface area contributed by atoms with Crippen molar-refractivity contribution in [2.24, 2.45) is 0 Å². The van der Waals surface area contributed by atoms with Crippen LogP contribution in [-0.2, 0) is 0 Å². The molecular weight excluding hydrogens is 284 g/mol. The molecule has 0 saturated carbocycles. The minimum atomic E-state index is 0.810. The second-order valence-electron chi connectivity index (χ2n) is 2.61. The SMILES string of the molecule is Cc1c(Br)oc2cccc(Br)c12. The van der Waals surface area contributed by atoms with Gasteiger partial charge in [-0.2, -0.15) is 0 Å². The highest BCUT2D eigenvalue weighted by molar-refractivity contribution is 9.11. The van der Waals surface area contributed by atoms with E-state index in [0.29, 0.717) is 0 Å². The number of rotatable bonds is 0. The van der Waals surface area contributed by atoms with Crippen molar-refractivity contribution in [2.75, 3.05) is 0 Å². The van der Waals surface area contributed by atoms with E-state index in [1.54, 1.807) is 0 Å². The van der Waals surface area contributed by atoms with Gasteiger partial charge in [-0.25, -0.2) is 0 Å². The molecule has 1 aromatic heterocycles. The van der Waals surface area contributed by atoms with E-state index in [1.165, 1.54) is 0 Å². The van der Waals surface area contributed by atoms with Gasteiger partial charge in [0.1, 0.15) is 5.58 Å². The Kier molecular flexibility index (Phi) is 2.00. The number of fused-ring (bicyclic) bond motifs is 1. The summed E-state index contributed by atoms with van der Waals surface area (Å²) in [6.07, 6.45) is 0. The Morgan fingerprint density at radius 3 is 2.67 bits per heavy atom. The Morgan fingerprint density at radius 1 is 1.25 bits per heavy atom. The fourth-order valence-electron chi connectivity index (χ4n) is 1.22. The summed E-state index contributed by atoms with van der Waals surface area (Å²) in [5.74, 6) is 0. The average Bonchev–Trinajstić information content (AvgIpc) is 2.29. The third-order valence-corrected chi connectivity index (χ3v) is 3.26. The number of halogens is 2. The summed E-state index contributed by atoms with van der Waals surface area (Å²) in [5, 5.41) is 1.14. The Labute approximate surface area is 87.0 Å². The van der Waals surface area contributed by atoms with E-state index in [-0.39, 0.29) is 0 Å². The first kappa shape index (κ1) is 8.32. The molecule has 2 aromatic rings. The maximum atomic E-state index is 5.47. The van der Waals surface area contributed by atoms with Crippen LogP contribution < -0.4 is 0 Å². The first-order chi connectivity index (χ1) is 5.70. The number of hydrogen-bond acceptors (Lipinski definition) is 1. The molecule has 0 amide bonds. The monoisotopic (exact) mass is 288 g/mol. The van der Waals surface area contributed by atoms with E-state index >= 15 is 0 Å². The zero-order valence-electron chi connectivity index (χ0n) is 6.40. The third kappa shape index (κ3) is 1.12. The first-order valence-corrected chi connectivity index (χ1v) is 5.12. The van der Waals surface area contributed by atoms with Crippen molar-refractivity contribution in [3.8, 4) is 0 Å². The van der Waals surface area contributed by atoms with Gasteiger partial charge in [0.05, 0.1) is 0 Å². The fourth-order valence-corrected chi connectivity index (χ4v) is 2.24. The zero-order chi connectivity index (χ0) is 8.72. The molecule has 0 aliphatic rings. The van der Waals surface area contributed by atoms with Crippen molar-refractivity contribution in [3.05, 3.63) is 32.9 Å². The maximum absolute atomic E-state index is 5.47. The van der Waals surface area contributed by atoms with Crippen molar-refractivity contribution in [1.29, 1.82) is 0 Å². The highest BCUT2D eigenvalue weighted by Gasteiger charge is 2.09. The minimum Gasteiger partial charge on any atom is -0.449 e. The second kappa shape index (κ2) is 2.89. The van der Waals surface area contributed by atoms with Gasteiger partial charge in [-0.05, 0) is 35.0 Å². The van der Waals surface area contributed by atoms with Gasteiger partial charge in [0.15, 0.2) is 4.67 Å². The van der Waals surface area contributed by atoms with Crippen LogP contribution in [0.25, 0.3) is 11.0 Å². The normalized spacial score (nSPS) is 10.9. The van der Waals surface area contributed by atoms with Gasteiger partial charge in [-0.1, -0.05) is 22.0 Å².